The highest BCUT2D eigenvalue weighted by molar-refractivity contribution is 7.23. The summed E-state index contributed by atoms with van der Waals surface area (Å²) in [4.78, 5) is 20.3. The molecule has 3 N–H and O–H groups in total. The van der Waals surface area contributed by atoms with Crippen molar-refractivity contribution >= 4 is 45.2 Å². The summed E-state index contributed by atoms with van der Waals surface area (Å²) in [7, 11) is 0. The first-order chi connectivity index (χ1) is 15.6. The van der Waals surface area contributed by atoms with Gasteiger partial charge in [0.2, 0.25) is 5.91 Å². The third kappa shape index (κ3) is 4.52. The number of thiophene rings is 1. The fraction of sp³-hybridized carbons (Fsp3) is 0.130. The number of hydrogen-bond acceptors (Lipinski definition) is 8. The number of anilines is 2. The molecule has 9 heteroatoms. The monoisotopic (exact) mass is 447 g/mol. The first kappa shape index (κ1) is 21.3. The Hall–Kier alpha value is -3.98. The van der Waals surface area contributed by atoms with Crippen LogP contribution in [0.25, 0.3) is 20.7 Å². The van der Waals surface area contributed by atoms with Crippen molar-refractivity contribution in [2.75, 3.05) is 17.3 Å². The van der Waals surface area contributed by atoms with E-state index in [1.807, 2.05) is 43.3 Å². The van der Waals surface area contributed by atoms with Crippen LogP contribution in [0.3, 0.4) is 0 Å². The lowest BCUT2D eigenvalue weighted by atomic mass is 10.1. The van der Waals surface area contributed by atoms with Crippen LogP contribution in [0.1, 0.15) is 19.4 Å². The highest BCUT2D eigenvalue weighted by Gasteiger charge is 2.19. The summed E-state index contributed by atoms with van der Waals surface area (Å²) >= 11 is 1.37. The van der Waals surface area contributed by atoms with Gasteiger partial charge in [-0.05, 0) is 36.8 Å². The SMILES string of the molecule is CCOc1ccccc1-c1sc2c(N/N=C/c3ccc(NC(C)=O)cc3)ncnc2c1O. The molecule has 0 atom stereocenters. The van der Waals surface area contributed by atoms with Gasteiger partial charge in [-0.25, -0.2) is 9.97 Å². The number of fused-ring (bicyclic) bond motifs is 1. The maximum atomic E-state index is 11.1. The smallest absolute Gasteiger partial charge is 0.221 e. The molecular weight excluding hydrogens is 426 g/mol. The van der Waals surface area contributed by atoms with E-state index in [0.29, 0.717) is 39.0 Å². The molecule has 0 aliphatic heterocycles. The number of rotatable bonds is 7. The minimum absolute atomic E-state index is 0.0835. The number of carbonyl (C=O) groups is 1. The Bertz CT molecular complexity index is 1280. The van der Waals surface area contributed by atoms with Gasteiger partial charge in [0.25, 0.3) is 0 Å². The van der Waals surface area contributed by atoms with E-state index < -0.39 is 0 Å². The summed E-state index contributed by atoms with van der Waals surface area (Å²) in [5.41, 5.74) is 5.74. The van der Waals surface area contributed by atoms with Crippen LogP contribution in [-0.4, -0.2) is 33.8 Å². The van der Waals surface area contributed by atoms with Gasteiger partial charge in [0.15, 0.2) is 11.6 Å². The fourth-order valence-electron chi connectivity index (χ4n) is 3.12. The Kier molecular flexibility index (Phi) is 6.27. The van der Waals surface area contributed by atoms with Crippen molar-refractivity contribution in [1.29, 1.82) is 0 Å². The summed E-state index contributed by atoms with van der Waals surface area (Å²) in [6.45, 7) is 3.90. The fourth-order valence-corrected chi connectivity index (χ4v) is 4.24. The third-order valence-electron chi connectivity index (χ3n) is 4.49. The lowest BCUT2D eigenvalue weighted by Crippen LogP contribution is -2.05. The van der Waals surface area contributed by atoms with Gasteiger partial charge < -0.3 is 15.2 Å². The zero-order chi connectivity index (χ0) is 22.5. The van der Waals surface area contributed by atoms with Gasteiger partial charge in [0.1, 0.15) is 22.3 Å². The average molecular weight is 448 g/mol. The number of benzene rings is 2. The van der Waals surface area contributed by atoms with Crippen molar-refractivity contribution in [3.63, 3.8) is 0 Å². The van der Waals surface area contributed by atoms with Gasteiger partial charge in [-0.2, -0.15) is 5.10 Å². The number of aromatic nitrogens is 2. The predicted octanol–water partition coefficient (Wildman–Crippen LogP) is 4.87. The predicted molar refractivity (Wildman–Crippen MR) is 128 cm³/mol. The van der Waals surface area contributed by atoms with E-state index in [1.165, 1.54) is 24.6 Å². The molecule has 0 saturated carbocycles. The maximum Gasteiger partial charge on any atom is 0.221 e. The van der Waals surface area contributed by atoms with E-state index in [0.717, 1.165) is 11.1 Å². The van der Waals surface area contributed by atoms with Crippen LogP contribution in [0.4, 0.5) is 11.5 Å². The second-order valence-electron chi connectivity index (χ2n) is 6.78. The molecule has 4 rings (SSSR count). The minimum atomic E-state index is -0.122. The molecule has 0 unspecified atom stereocenters. The highest BCUT2D eigenvalue weighted by atomic mass is 32.1. The molecule has 0 fully saturated rings. The summed E-state index contributed by atoms with van der Waals surface area (Å²) in [5.74, 6) is 1.14. The normalized spacial score (nSPS) is 11.1. The third-order valence-corrected chi connectivity index (χ3v) is 5.70. The lowest BCUT2D eigenvalue weighted by molar-refractivity contribution is -0.114. The molecule has 1 amide bonds. The van der Waals surface area contributed by atoms with Crippen LogP contribution in [0.2, 0.25) is 0 Å². The van der Waals surface area contributed by atoms with Crippen molar-refractivity contribution in [3.8, 4) is 21.9 Å². The molecule has 0 aliphatic carbocycles. The average Bonchev–Trinajstić information content (AvgIpc) is 3.12. The summed E-state index contributed by atoms with van der Waals surface area (Å²) in [5, 5.41) is 17.8. The van der Waals surface area contributed by atoms with E-state index in [9.17, 15) is 9.90 Å². The van der Waals surface area contributed by atoms with Crippen molar-refractivity contribution in [1.82, 2.24) is 9.97 Å². The molecule has 8 nitrogen and oxygen atoms in total. The number of hydrazone groups is 1. The Labute approximate surface area is 188 Å². The van der Waals surface area contributed by atoms with Gasteiger partial charge >= 0.3 is 0 Å². The van der Waals surface area contributed by atoms with Crippen LogP contribution in [0, 0.1) is 0 Å². The molecule has 32 heavy (non-hydrogen) atoms. The van der Waals surface area contributed by atoms with Gasteiger partial charge in [0.05, 0.1) is 17.7 Å². The number of amides is 1. The molecule has 2 heterocycles. The van der Waals surface area contributed by atoms with E-state index in [-0.39, 0.29) is 11.7 Å². The minimum Gasteiger partial charge on any atom is -0.504 e. The number of nitrogens with zero attached hydrogens (tertiary/aromatic N) is 3. The molecule has 2 aromatic carbocycles. The highest BCUT2D eigenvalue weighted by Crippen LogP contribution is 2.47. The molecule has 4 aromatic rings. The summed E-state index contributed by atoms with van der Waals surface area (Å²) in [6.07, 6.45) is 3.03. The maximum absolute atomic E-state index is 11.1. The summed E-state index contributed by atoms with van der Waals surface area (Å²) < 4.78 is 6.40. The van der Waals surface area contributed by atoms with Crippen molar-refractivity contribution in [2.45, 2.75) is 13.8 Å². The van der Waals surface area contributed by atoms with Crippen LogP contribution in [-0.2, 0) is 4.79 Å². The molecular formula is C23H21N5O3S. The number of para-hydroxylation sites is 1. The zero-order valence-corrected chi connectivity index (χ0v) is 18.3. The van der Waals surface area contributed by atoms with Gasteiger partial charge in [-0.15, -0.1) is 11.3 Å². The first-order valence-electron chi connectivity index (χ1n) is 9.92. The Morgan fingerprint density at radius 1 is 1.19 bits per heavy atom. The van der Waals surface area contributed by atoms with E-state index >= 15 is 0 Å². The largest absolute Gasteiger partial charge is 0.504 e. The van der Waals surface area contributed by atoms with Crippen molar-refractivity contribution < 1.29 is 14.6 Å². The summed E-state index contributed by atoms with van der Waals surface area (Å²) in [6, 6.07) is 14.8. The second-order valence-corrected chi connectivity index (χ2v) is 7.80. The van der Waals surface area contributed by atoms with Crippen LogP contribution >= 0.6 is 11.3 Å². The van der Waals surface area contributed by atoms with Gasteiger partial charge in [0, 0.05) is 18.2 Å². The van der Waals surface area contributed by atoms with E-state index in [1.54, 1.807) is 18.3 Å². The van der Waals surface area contributed by atoms with E-state index in [4.69, 9.17) is 4.74 Å². The zero-order valence-electron chi connectivity index (χ0n) is 17.5. The van der Waals surface area contributed by atoms with Crippen molar-refractivity contribution in [3.05, 3.63) is 60.4 Å². The first-order valence-corrected chi connectivity index (χ1v) is 10.7. The van der Waals surface area contributed by atoms with Gasteiger partial charge in [-0.3, -0.25) is 10.2 Å². The van der Waals surface area contributed by atoms with Crippen LogP contribution in [0.5, 0.6) is 11.5 Å². The number of hydrogen-bond donors (Lipinski definition) is 3. The number of aromatic hydroxyl groups is 1. The van der Waals surface area contributed by atoms with Crippen molar-refractivity contribution in [2.24, 2.45) is 5.10 Å². The molecule has 0 spiro atoms. The number of nitrogens with one attached hydrogen (secondary N) is 2. The quantitative estimate of drug-likeness (QED) is 0.276. The topological polar surface area (TPSA) is 109 Å². The Balaban J connectivity index is 1.60. The molecule has 162 valence electrons. The second kappa shape index (κ2) is 9.44. The van der Waals surface area contributed by atoms with E-state index in [2.05, 4.69) is 25.8 Å². The number of carbonyl (C=O) groups excluding carboxylic acids is 1. The molecule has 0 radical (unpaired) electrons. The Morgan fingerprint density at radius 3 is 2.72 bits per heavy atom. The lowest BCUT2D eigenvalue weighted by Gasteiger charge is -2.08. The molecule has 2 aromatic heterocycles. The van der Waals surface area contributed by atoms with Crippen LogP contribution < -0.4 is 15.5 Å². The molecule has 0 saturated heterocycles. The Morgan fingerprint density at radius 2 is 1.97 bits per heavy atom. The standard InChI is InChI=1S/C23H21N5O3S/c1-3-31-18-7-5-4-6-17(18)21-20(30)19-22(32-21)23(25-13-24-19)28-26-12-15-8-10-16(11-9-15)27-14(2)29/h4-13,30H,3H2,1-2H3,(H,27,29)(H,24,25,28)/b26-12+. The molecule has 0 bridgehead atoms. The molecule has 0 aliphatic rings. The number of ether oxygens (including phenoxy) is 1. The van der Waals surface area contributed by atoms with Gasteiger partial charge in [-0.1, -0.05) is 24.3 Å². The van der Waals surface area contributed by atoms with Crippen LogP contribution in [0.15, 0.2) is 60.0 Å².